The zero-order valence-electron chi connectivity index (χ0n) is 14.2. The highest BCUT2D eigenvalue weighted by Gasteiger charge is 2.18. The molecule has 1 aromatic rings. The van der Waals surface area contributed by atoms with E-state index in [0.717, 1.165) is 18.4 Å². The summed E-state index contributed by atoms with van der Waals surface area (Å²) in [6, 6.07) is 5.22. The number of benzene rings is 1. The summed E-state index contributed by atoms with van der Waals surface area (Å²) in [6.45, 7) is 6.11. The second kappa shape index (κ2) is 9.34. The molecule has 0 aliphatic heterocycles. The summed E-state index contributed by atoms with van der Waals surface area (Å²) in [6.07, 6.45) is 5.86. The molecule has 2 unspecified atom stereocenters. The van der Waals surface area contributed by atoms with Crippen LogP contribution in [0.4, 0.5) is 0 Å². The number of carbonyl (C=O) groups is 1. The highest BCUT2D eigenvalue weighted by molar-refractivity contribution is 5.83. The molecule has 0 radical (unpaired) electrons. The van der Waals surface area contributed by atoms with E-state index in [9.17, 15) is 9.90 Å². The second-order valence-electron chi connectivity index (χ2n) is 5.91. The van der Waals surface area contributed by atoms with E-state index >= 15 is 0 Å². The maximum Gasteiger partial charge on any atom is 0.227 e. The molecule has 2 atom stereocenters. The molecule has 0 aromatic heterocycles. The molecule has 4 heteroatoms. The predicted molar refractivity (Wildman–Crippen MR) is 89.4 cm³/mol. The van der Waals surface area contributed by atoms with E-state index in [1.807, 2.05) is 13.8 Å². The number of unbranched alkanes of at least 4 members (excludes halogenated alkanes) is 3. The highest BCUT2D eigenvalue weighted by atomic mass is 16.5. The van der Waals surface area contributed by atoms with E-state index in [1.54, 1.807) is 18.2 Å². The molecule has 22 heavy (non-hydrogen) atoms. The number of aromatic hydroxyl groups is 1. The molecular formula is C18H29NO3. The van der Waals surface area contributed by atoms with Crippen molar-refractivity contribution in [3.63, 3.8) is 0 Å². The first-order chi connectivity index (χ1) is 10.5. The van der Waals surface area contributed by atoms with Crippen LogP contribution in [0.1, 0.15) is 64.4 Å². The Morgan fingerprint density at radius 2 is 2.00 bits per heavy atom. The molecule has 0 aliphatic carbocycles. The summed E-state index contributed by atoms with van der Waals surface area (Å²) >= 11 is 0. The first-order valence-electron chi connectivity index (χ1n) is 8.16. The first kappa shape index (κ1) is 18.3. The normalized spacial score (nSPS) is 13.5. The Hall–Kier alpha value is -1.71. The third-order valence-electron chi connectivity index (χ3n) is 3.98. The topological polar surface area (TPSA) is 58.6 Å². The fraction of sp³-hybridized carbons (Fsp3) is 0.611. The summed E-state index contributed by atoms with van der Waals surface area (Å²) in [5.41, 5.74) is 0.838. The quantitative estimate of drug-likeness (QED) is 0.678. The van der Waals surface area contributed by atoms with Crippen LogP contribution in [-0.2, 0) is 4.79 Å². The molecule has 124 valence electrons. The van der Waals surface area contributed by atoms with Crippen LogP contribution in [0.2, 0.25) is 0 Å². The Labute approximate surface area is 133 Å². The van der Waals surface area contributed by atoms with Gasteiger partial charge in [-0.1, -0.05) is 38.7 Å². The van der Waals surface area contributed by atoms with Crippen molar-refractivity contribution in [2.24, 2.45) is 0 Å². The number of methoxy groups -OCH3 is 1. The molecule has 0 spiro atoms. The number of carbonyl (C=O) groups excluding carboxylic acids is 1. The van der Waals surface area contributed by atoms with Crippen molar-refractivity contribution in [1.82, 2.24) is 5.32 Å². The van der Waals surface area contributed by atoms with Gasteiger partial charge < -0.3 is 15.2 Å². The summed E-state index contributed by atoms with van der Waals surface area (Å²) in [7, 11) is 1.50. The second-order valence-corrected chi connectivity index (χ2v) is 5.91. The highest BCUT2D eigenvalue weighted by Crippen LogP contribution is 2.29. The van der Waals surface area contributed by atoms with Gasteiger partial charge in [0.05, 0.1) is 13.0 Å². The third kappa shape index (κ3) is 5.58. The molecule has 0 heterocycles. The van der Waals surface area contributed by atoms with Crippen LogP contribution in [0.15, 0.2) is 18.2 Å². The standard InChI is InChI=1S/C18H29NO3/c1-5-6-7-8-9-13(2)19-18(21)14(3)15-10-11-16(20)17(12-15)22-4/h10-14,20H,5-9H2,1-4H3,(H,19,21). The van der Waals surface area contributed by atoms with Crippen molar-refractivity contribution < 1.29 is 14.6 Å². The van der Waals surface area contributed by atoms with Gasteiger partial charge in [-0.2, -0.15) is 0 Å². The maximum atomic E-state index is 12.3. The van der Waals surface area contributed by atoms with E-state index in [-0.39, 0.29) is 23.6 Å². The molecule has 2 N–H and O–H groups in total. The summed E-state index contributed by atoms with van der Waals surface area (Å²) < 4.78 is 5.09. The van der Waals surface area contributed by atoms with Crippen LogP contribution in [0.5, 0.6) is 11.5 Å². The number of hydrogen-bond acceptors (Lipinski definition) is 3. The Kier molecular flexibility index (Phi) is 7.78. The van der Waals surface area contributed by atoms with Gasteiger partial charge in [0.2, 0.25) is 5.91 Å². The van der Waals surface area contributed by atoms with Crippen molar-refractivity contribution in [3.05, 3.63) is 23.8 Å². The zero-order chi connectivity index (χ0) is 16.5. The van der Waals surface area contributed by atoms with Gasteiger partial charge in [-0.3, -0.25) is 4.79 Å². The molecule has 0 fully saturated rings. The predicted octanol–water partition coefficient (Wildman–Crippen LogP) is 3.98. The van der Waals surface area contributed by atoms with Crippen LogP contribution in [0.25, 0.3) is 0 Å². The van der Waals surface area contributed by atoms with Gasteiger partial charge in [0.25, 0.3) is 0 Å². The van der Waals surface area contributed by atoms with Crippen molar-refractivity contribution in [2.75, 3.05) is 7.11 Å². The summed E-state index contributed by atoms with van der Waals surface area (Å²) in [4.78, 5) is 12.3. The minimum absolute atomic E-state index is 0.00994. The van der Waals surface area contributed by atoms with Crippen LogP contribution in [0, 0.1) is 0 Å². The van der Waals surface area contributed by atoms with Crippen molar-refractivity contribution in [3.8, 4) is 11.5 Å². The van der Waals surface area contributed by atoms with Crippen molar-refractivity contribution in [1.29, 1.82) is 0 Å². The Balaban J connectivity index is 2.54. The number of hydrogen-bond donors (Lipinski definition) is 2. The van der Waals surface area contributed by atoms with E-state index in [1.165, 1.54) is 26.4 Å². The minimum Gasteiger partial charge on any atom is -0.504 e. The van der Waals surface area contributed by atoms with Gasteiger partial charge in [0.15, 0.2) is 11.5 Å². The molecule has 4 nitrogen and oxygen atoms in total. The van der Waals surface area contributed by atoms with Crippen molar-refractivity contribution in [2.45, 2.75) is 64.8 Å². The lowest BCUT2D eigenvalue weighted by molar-refractivity contribution is -0.122. The van der Waals surface area contributed by atoms with Gasteiger partial charge in [-0.25, -0.2) is 0 Å². The van der Waals surface area contributed by atoms with Gasteiger partial charge in [-0.15, -0.1) is 0 Å². The zero-order valence-corrected chi connectivity index (χ0v) is 14.2. The van der Waals surface area contributed by atoms with Crippen LogP contribution in [-0.4, -0.2) is 24.2 Å². The smallest absolute Gasteiger partial charge is 0.227 e. The Bertz CT molecular complexity index is 473. The number of phenolic OH excluding ortho intramolecular Hbond substituents is 1. The molecule has 0 aliphatic rings. The average Bonchev–Trinajstić information content (AvgIpc) is 2.51. The molecule has 1 amide bonds. The maximum absolute atomic E-state index is 12.3. The lowest BCUT2D eigenvalue weighted by Crippen LogP contribution is -2.35. The SMILES string of the molecule is CCCCCCC(C)NC(=O)C(C)c1ccc(O)c(OC)c1. The van der Waals surface area contributed by atoms with Gasteiger partial charge in [0.1, 0.15) is 0 Å². The molecule has 1 aromatic carbocycles. The van der Waals surface area contributed by atoms with E-state index < -0.39 is 0 Å². The molecular weight excluding hydrogens is 278 g/mol. The van der Waals surface area contributed by atoms with Gasteiger partial charge >= 0.3 is 0 Å². The molecule has 0 saturated heterocycles. The fourth-order valence-corrected chi connectivity index (χ4v) is 2.43. The third-order valence-corrected chi connectivity index (χ3v) is 3.98. The number of rotatable bonds is 9. The first-order valence-corrected chi connectivity index (χ1v) is 8.16. The van der Waals surface area contributed by atoms with Crippen LogP contribution >= 0.6 is 0 Å². The monoisotopic (exact) mass is 307 g/mol. The molecule has 0 saturated carbocycles. The molecule has 0 bridgehead atoms. The summed E-state index contributed by atoms with van der Waals surface area (Å²) in [5.74, 6) is 0.219. The fourth-order valence-electron chi connectivity index (χ4n) is 2.43. The Morgan fingerprint density at radius 1 is 1.27 bits per heavy atom. The Morgan fingerprint density at radius 3 is 2.64 bits per heavy atom. The van der Waals surface area contributed by atoms with Crippen molar-refractivity contribution >= 4 is 5.91 Å². The van der Waals surface area contributed by atoms with Crippen LogP contribution < -0.4 is 10.1 Å². The molecule has 1 rings (SSSR count). The lowest BCUT2D eigenvalue weighted by Gasteiger charge is -2.18. The number of ether oxygens (including phenoxy) is 1. The van der Waals surface area contributed by atoms with E-state index in [4.69, 9.17) is 4.74 Å². The van der Waals surface area contributed by atoms with E-state index in [0.29, 0.717) is 5.75 Å². The van der Waals surface area contributed by atoms with Gasteiger partial charge in [-0.05, 0) is 38.0 Å². The van der Waals surface area contributed by atoms with E-state index in [2.05, 4.69) is 12.2 Å². The largest absolute Gasteiger partial charge is 0.504 e. The lowest BCUT2D eigenvalue weighted by atomic mass is 9.99. The number of nitrogens with one attached hydrogen (secondary N) is 1. The summed E-state index contributed by atoms with van der Waals surface area (Å²) in [5, 5.41) is 12.7. The van der Waals surface area contributed by atoms with Gasteiger partial charge in [0, 0.05) is 6.04 Å². The average molecular weight is 307 g/mol. The number of amides is 1. The minimum atomic E-state index is -0.271. The number of phenols is 1. The van der Waals surface area contributed by atoms with Crippen LogP contribution in [0.3, 0.4) is 0 Å².